The van der Waals surface area contributed by atoms with Crippen LogP contribution in [0.15, 0.2) is 16.2 Å². The molecule has 0 aromatic carbocycles. The van der Waals surface area contributed by atoms with Crippen LogP contribution < -0.4 is 5.32 Å². The van der Waals surface area contributed by atoms with Gasteiger partial charge in [-0.15, -0.1) is 0 Å². The van der Waals surface area contributed by atoms with Crippen molar-refractivity contribution in [3.05, 3.63) is 16.8 Å². The summed E-state index contributed by atoms with van der Waals surface area (Å²) in [4.78, 5) is 15.0. The van der Waals surface area contributed by atoms with Crippen molar-refractivity contribution in [2.45, 2.75) is 0 Å². The van der Waals surface area contributed by atoms with Crippen LogP contribution in [0.2, 0.25) is 0 Å². The van der Waals surface area contributed by atoms with Crippen LogP contribution in [0.3, 0.4) is 0 Å². The van der Waals surface area contributed by atoms with Crippen LogP contribution in [-0.4, -0.2) is 34.3 Å². The van der Waals surface area contributed by atoms with Crippen molar-refractivity contribution >= 4 is 35.5 Å². The maximum absolute atomic E-state index is 11.3. The first-order valence-electron chi connectivity index (χ1n) is 4.35. The van der Waals surface area contributed by atoms with Crippen molar-refractivity contribution in [3.8, 4) is 0 Å². The highest BCUT2D eigenvalue weighted by molar-refractivity contribution is 7.88. The fourth-order valence-corrected chi connectivity index (χ4v) is 2.15. The van der Waals surface area contributed by atoms with Crippen LogP contribution in [-0.2, 0) is 10.9 Å². The molecule has 0 bridgehead atoms. The Kier molecular flexibility index (Phi) is 2.57. The average Bonchev–Trinajstić information content (AvgIpc) is 2.81. The van der Waals surface area contributed by atoms with Gasteiger partial charge in [0.15, 0.2) is 5.82 Å². The van der Waals surface area contributed by atoms with Gasteiger partial charge in [0.1, 0.15) is 5.03 Å². The van der Waals surface area contributed by atoms with Gasteiger partial charge in [-0.3, -0.25) is 19.5 Å². The van der Waals surface area contributed by atoms with Gasteiger partial charge in [-0.05, 0) is 12.8 Å². The minimum Gasteiger partial charge on any atom is -0.299 e. The zero-order chi connectivity index (χ0) is 11.7. The predicted molar refractivity (Wildman–Crippen MR) is 62.2 cm³/mol. The van der Waals surface area contributed by atoms with E-state index in [0.717, 1.165) is 0 Å². The number of nitrogens with zero attached hydrogens (tertiary/aromatic N) is 3. The molecule has 3 N–H and O–H groups in total. The molecule has 0 saturated carbocycles. The molecule has 2 heterocycles. The summed E-state index contributed by atoms with van der Waals surface area (Å²) in [5.41, 5.74) is 0.699. The third-order valence-corrected chi connectivity index (χ3v) is 3.44. The average molecular weight is 238 g/mol. The number of amides is 2. The molecule has 1 saturated heterocycles. The maximum Gasteiger partial charge on any atom is 0.333 e. The van der Waals surface area contributed by atoms with Crippen LogP contribution in [0, 0.1) is 4.78 Å². The number of rotatable bonds is 2. The summed E-state index contributed by atoms with van der Waals surface area (Å²) < 4.78 is 9.11. The number of hydrogen-bond acceptors (Lipinski definition) is 4. The van der Waals surface area contributed by atoms with E-state index in [4.69, 9.17) is 4.78 Å². The second-order valence-corrected chi connectivity index (χ2v) is 4.61. The topological polar surface area (TPSA) is 97.2 Å². The van der Waals surface area contributed by atoms with Gasteiger partial charge < -0.3 is 0 Å². The first-order valence-corrected chi connectivity index (χ1v) is 5.54. The smallest absolute Gasteiger partial charge is 0.299 e. The summed E-state index contributed by atoms with van der Waals surface area (Å²) in [6, 6.07) is -0.277. The number of H-pyrrole nitrogens is 1. The van der Waals surface area contributed by atoms with Crippen LogP contribution >= 0.6 is 0 Å². The number of nitrogens with one attached hydrogen (secondary N) is 3. The second-order valence-electron chi connectivity index (χ2n) is 3.05. The molecule has 1 atom stereocenters. The lowest BCUT2D eigenvalue weighted by atomic mass is 10.3. The van der Waals surface area contributed by atoms with Gasteiger partial charge in [-0.25, -0.2) is 9.79 Å². The molecular formula is C8H10N6OS. The van der Waals surface area contributed by atoms with Crippen LogP contribution in [0.1, 0.15) is 5.56 Å². The summed E-state index contributed by atoms with van der Waals surface area (Å²) >= 11 is 0. The Morgan fingerprint density at radius 2 is 2.50 bits per heavy atom. The maximum atomic E-state index is 11.3. The molecular weight excluding hydrogens is 228 g/mol. The predicted octanol–water partition coefficient (Wildman–Crippen LogP) is 0.991. The largest absolute Gasteiger partial charge is 0.333 e. The number of aromatic amines is 1. The summed E-state index contributed by atoms with van der Waals surface area (Å²) in [5, 5.41) is 9.61. The minimum absolute atomic E-state index is 0.277. The Morgan fingerprint density at radius 3 is 3.06 bits per heavy atom. The highest BCUT2D eigenvalue weighted by Gasteiger charge is 2.25. The standard InChI is InChI=1S/C8H10N6OS/c1-10-7-5(4-11-13-7)3-6-12-8(15)14(2)16(6)9/h3-4,9H,1H2,2H3,(H,11,13)(H,12,15)/b6-3+. The van der Waals surface area contributed by atoms with E-state index in [1.54, 1.807) is 19.3 Å². The second kappa shape index (κ2) is 3.89. The van der Waals surface area contributed by atoms with Gasteiger partial charge >= 0.3 is 6.03 Å². The molecule has 1 aliphatic heterocycles. The Bertz CT molecular complexity index is 504. The van der Waals surface area contributed by atoms with Gasteiger partial charge in [0.2, 0.25) is 0 Å². The summed E-state index contributed by atoms with van der Waals surface area (Å²) in [6.45, 7) is 3.39. The minimum atomic E-state index is -1.00. The molecule has 0 aliphatic carbocycles. The summed E-state index contributed by atoms with van der Waals surface area (Å²) in [6.07, 6.45) is 3.24. The SMILES string of the molecule is C=Nc1[nH]ncc1/C=C1\NC(=O)N(C)S1=N. The normalized spacial score (nSPS) is 22.6. The molecule has 1 aromatic heterocycles. The Labute approximate surface area is 94.3 Å². The zero-order valence-corrected chi connectivity index (χ0v) is 9.34. The van der Waals surface area contributed by atoms with E-state index in [9.17, 15) is 4.79 Å². The highest BCUT2D eigenvalue weighted by atomic mass is 32.2. The van der Waals surface area contributed by atoms with E-state index >= 15 is 0 Å². The number of hydrogen-bond donors (Lipinski definition) is 3. The van der Waals surface area contributed by atoms with Gasteiger partial charge in [-0.1, -0.05) is 0 Å². The fraction of sp³-hybridized carbons (Fsp3) is 0.125. The Hall–Kier alpha value is -1.96. The third-order valence-electron chi connectivity index (χ3n) is 2.09. The van der Waals surface area contributed by atoms with E-state index in [-0.39, 0.29) is 6.03 Å². The number of urea groups is 1. The molecule has 2 rings (SSSR count). The van der Waals surface area contributed by atoms with Crippen molar-refractivity contribution in [3.63, 3.8) is 0 Å². The molecule has 1 fully saturated rings. The van der Waals surface area contributed by atoms with Gasteiger partial charge in [0.05, 0.1) is 6.20 Å². The Morgan fingerprint density at radius 1 is 1.75 bits per heavy atom. The lowest BCUT2D eigenvalue weighted by Gasteiger charge is -2.04. The van der Waals surface area contributed by atoms with Crippen molar-refractivity contribution in [2.24, 2.45) is 4.99 Å². The molecule has 0 radical (unpaired) electrons. The fourth-order valence-electron chi connectivity index (χ4n) is 1.22. The van der Waals surface area contributed by atoms with Crippen LogP contribution in [0.25, 0.3) is 6.08 Å². The van der Waals surface area contributed by atoms with Gasteiger partial charge in [0, 0.05) is 23.5 Å². The number of aromatic nitrogens is 2. The molecule has 16 heavy (non-hydrogen) atoms. The lowest BCUT2D eigenvalue weighted by Crippen LogP contribution is -2.23. The number of aliphatic imine (C=N–C) groups is 1. The van der Waals surface area contributed by atoms with E-state index < -0.39 is 10.9 Å². The van der Waals surface area contributed by atoms with Gasteiger partial charge in [0.25, 0.3) is 0 Å². The molecule has 1 aliphatic rings. The van der Waals surface area contributed by atoms with Crippen molar-refractivity contribution in [1.29, 1.82) is 4.78 Å². The third kappa shape index (κ3) is 1.63. The first-order chi connectivity index (χ1) is 7.63. The van der Waals surface area contributed by atoms with Crippen molar-refractivity contribution < 1.29 is 4.79 Å². The van der Waals surface area contributed by atoms with Gasteiger partial charge in [-0.2, -0.15) is 5.10 Å². The molecule has 8 heteroatoms. The lowest BCUT2D eigenvalue weighted by molar-refractivity contribution is 0.236. The van der Waals surface area contributed by atoms with E-state index in [1.165, 1.54) is 4.31 Å². The number of carbonyl (C=O) groups is 1. The molecule has 1 aromatic rings. The van der Waals surface area contributed by atoms with Crippen LogP contribution in [0.5, 0.6) is 0 Å². The van der Waals surface area contributed by atoms with E-state index in [1.807, 2.05) is 0 Å². The first kappa shape index (κ1) is 10.6. The van der Waals surface area contributed by atoms with E-state index in [2.05, 4.69) is 27.2 Å². The summed E-state index contributed by atoms with van der Waals surface area (Å²) in [7, 11) is 0.577. The molecule has 2 amide bonds. The van der Waals surface area contributed by atoms with E-state index in [0.29, 0.717) is 16.4 Å². The number of carbonyl (C=O) groups excluding carboxylic acids is 1. The molecule has 1 unspecified atom stereocenters. The summed E-state index contributed by atoms with van der Waals surface area (Å²) in [5.74, 6) is 0.522. The zero-order valence-electron chi connectivity index (χ0n) is 8.52. The molecule has 0 spiro atoms. The molecule has 84 valence electrons. The van der Waals surface area contributed by atoms with Crippen LogP contribution in [0.4, 0.5) is 10.6 Å². The molecule has 7 nitrogen and oxygen atoms in total. The van der Waals surface area contributed by atoms with Crippen molar-refractivity contribution in [2.75, 3.05) is 7.05 Å². The van der Waals surface area contributed by atoms with Crippen molar-refractivity contribution in [1.82, 2.24) is 19.8 Å². The quantitative estimate of drug-likeness (QED) is 0.670. The highest BCUT2D eigenvalue weighted by Crippen LogP contribution is 2.21. The monoisotopic (exact) mass is 238 g/mol. The Balaban J connectivity index is 2.36.